The minimum absolute atomic E-state index is 0.0551. The summed E-state index contributed by atoms with van der Waals surface area (Å²) in [6.07, 6.45) is 8.38. The van der Waals surface area contributed by atoms with E-state index < -0.39 is 11.4 Å². The van der Waals surface area contributed by atoms with Crippen LogP contribution in [0.2, 0.25) is 0 Å². The Morgan fingerprint density at radius 1 is 0.935 bits per heavy atom. The summed E-state index contributed by atoms with van der Waals surface area (Å²) in [5, 5.41) is 14.4. The first-order chi connectivity index (χ1) is 15.1. The van der Waals surface area contributed by atoms with Crippen molar-refractivity contribution in [2.75, 3.05) is 5.32 Å². The molecule has 1 aliphatic rings. The molecule has 0 atom stereocenters. The van der Waals surface area contributed by atoms with Gasteiger partial charge in [-0.25, -0.2) is 4.79 Å². The predicted octanol–water partition coefficient (Wildman–Crippen LogP) is 6.07. The van der Waals surface area contributed by atoms with Crippen molar-refractivity contribution in [3.63, 3.8) is 0 Å². The second-order valence-electron chi connectivity index (χ2n) is 8.41. The number of rotatable bonds is 6. The maximum Gasteiger partial charge on any atom is 0.328 e. The lowest BCUT2D eigenvalue weighted by Crippen LogP contribution is -2.40. The summed E-state index contributed by atoms with van der Waals surface area (Å²) in [4.78, 5) is 24.4. The molecule has 1 fully saturated rings. The van der Waals surface area contributed by atoms with Crippen LogP contribution in [-0.2, 0) is 16.0 Å². The van der Waals surface area contributed by atoms with Crippen LogP contribution in [0.3, 0.4) is 0 Å². The highest BCUT2D eigenvalue weighted by Gasteiger charge is 2.39. The average Bonchev–Trinajstić information content (AvgIpc) is 2.79. The molecule has 4 nitrogen and oxygen atoms in total. The highest BCUT2D eigenvalue weighted by Crippen LogP contribution is 2.41. The van der Waals surface area contributed by atoms with Gasteiger partial charge in [0.2, 0.25) is 5.91 Å². The van der Waals surface area contributed by atoms with Crippen molar-refractivity contribution in [2.24, 2.45) is 5.41 Å². The summed E-state index contributed by atoms with van der Waals surface area (Å²) in [5.41, 5.74) is 2.22. The second-order valence-corrected chi connectivity index (χ2v) is 8.41. The fourth-order valence-electron chi connectivity index (χ4n) is 4.68. The zero-order valence-corrected chi connectivity index (χ0v) is 17.5. The van der Waals surface area contributed by atoms with Gasteiger partial charge in [-0.3, -0.25) is 4.79 Å². The van der Waals surface area contributed by atoms with Gasteiger partial charge in [-0.15, -0.1) is 0 Å². The Balaban J connectivity index is 1.61. The summed E-state index contributed by atoms with van der Waals surface area (Å²) >= 11 is 0. The Morgan fingerprint density at radius 2 is 1.68 bits per heavy atom. The molecular weight excluding hydrogens is 386 g/mol. The number of aliphatic carboxylic acids is 1. The van der Waals surface area contributed by atoms with Crippen LogP contribution in [0.25, 0.3) is 16.8 Å². The molecule has 0 radical (unpaired) electrons. The SMILES string of the molecule is O=C(O)/C=C/c1cccc(NC(=O)C2(Cc3cccc4ccccc34)CCCCC2)c1. The van der Waals surface area contributed by atoms with Crippen LogP contribution in [0.15, 0.2) is 72.8 Å². The third-order valence-electron chi connectivity index (χ3n) is 6.26. The molecule has 0 aromatic heterocycles. The third kappa shape index (κ3) is 4.85. The van der Waals surface area contributed by atoms with Gasteiger partial charge in [0.05, 0.1) is 5.41 Å². The van der Waals surface area contributed by atoms with Gasteiger partial charge >= 0.3 is 5.97 Å². The summed E-state index contributed by atoms with van der Waals surface area (Å²) in [5.74, 6) is -0.940. The number of amides is 1. The number of nitrogens with one attached hydrogen (secondary N) is 1. The minimum atomic E-state index is -0.995. The molecule has 4 rings (SSSR count). The molecule has 1 aliphatic carbocycles. The van der Waals surface area contributed by atoms with Gasteiger partial charge in [0.15, 0.2) is 0 Å². The molecule has 0 heterocycles. The van der Waals surface area contributed by atoms with Gasteiger partial charge < -0.3 is 10.4 Å². The number of benzene rings is 3. The summed E-state index contributed by atoms with van der Waals surface area (Å²) in [6, 6.07) is 22.0. The number of carboxylic acids is 1. The first-order valence-corrected chi connectivity index (χ1v) is 10.8. The van der Waals surface area contributed by atoms with Gasteiger partial charge in [0.25, 0.3) is 0 Å². The fourth-order valence-corrected chi connectivity index (χ4v) is 4.68. The maximum absolute atomic E-state index is 13.6. The van der Waals surface area contributed by atoms with Crippen LogP contribution in [-0.4, -0.2) is 17.0 Å². The molecule has 4 heteroatoms. The minimum Gasteiger partial charge on any atom is -0.478 e. The van der Waals surface area contributed by atoms with E-state index in [1.807, 2.05) is 30.3 Å². The number of fused-ring (bicyclic) bond motifs is 1. The van der Waals surface area contributed by atoms with Crippen LogP contribution >= 0.6 is 0 Å². The van der Waals surface area contributed by atoms with Gasteiger partial charge in [-0.05, 0) is 59.4 Å². The van der Waals surface area contributed by atoms with E-state index in [0.29, 0.717) is 5.69 Å². The van der Waals surface area contributed by atoms with Crippen LogP contribution in [0, 0.1) is 5.41 Å². The molecule has 3 aromatic rings. The molecule has 0 unspecified atom stereocenters. The Hall–Kier alpha value is -3.40. The summed E-state index contributed by atoms with van der Waals surface area (Å²) < 4.78 is 0. The molecule has 1 saturated carbocycles. The molecule has 158 valence electrons. The first kappa shape index (κ1) is 20.9. The van der Waals surface area contributed by atoms with E-state index in [9.17, 15) is 9.59 Å². The first-order valence-electron chi connectivity index (χ1n) is 10.8. The largest absolute Gasteiger partial charge is 0.478 e. The number of carboxylic acid groups (broad SMARTS) is 1. The zero-order valence-electron chi connectivity index (χ0n) is 17.5. The highest BCUT2D eigenvalue weighted by molar-refractivity contribution is 5.96. The second kappa shape index (κ2) is 9.17. The van der Waals surface area contributed by atoms with Gasteiger partial charge in [0.1, 0.15) is 0 Å². The molecule has 0 saturated heterocycles. The molecule has 0 aliphatic heterocycles. The van der Waals surface area contributed by atoms with Crippen LogP contribution < -0.4 is 5.32 Å². The van der Waals surface area contributed by atoms with Crippen LogP contribution in [0.1, 0.15) is 43.2 Å². The molecule has 0 bridgehead atoms. The Kier molecular flexibility index (Phi) is 6.17. The van der Waals surface area contributed by atoms with E-state index in [1.54, 1.807) is 0 Å². The Bertz CT molecular complexity index is 1120. The number of hydrogen-bond acceptors (Lipinski definition) is 2. The monoisotopic (exact) mass is 413 g/mol. The normalized spacial score (nSPS) is 15.7. The number of carbonyl (C=O) groups is 2. The lowest BCUT2D eigenvalue weighted by Gasteiger charge is -2.36. The predicted molar refractivity (Wildman–Crippen MR) is 125 cm³/mol. The van der Waals surface area contributed by atoms with E-state index in [1.165, 1.54) is 28.8 Å². The van der Waals surface area contributed by atoms with E-state index in [0.717, 1.165) is 43.7 Å². The smallest absolute Gasteiger partial charge is 0.328 e. The van der Waals surface area contributed by atoms with Crippen LogP contribution in [0.4, 0.5) is 5.69 Å². The van der Waals surface area contributed by atoms with Gasteiger partial charge in [-0.1, -0.05) is 73.9 Å². The summed E-state index contributed by atoms with van der Waals surface area (Å²) in [6.45, 7) is 0. The molecule has 31 heavy (non-hydrogen) atoms. The molecule has 3 aromatic carbocycles. The van der Waals surface area contributed by atoms with E-state index in [-0.39, 0.29) is 5.91 Å². The molecule has 2 N–H and O–H groups in total. The lowest BCUT2D eigenvalue weighted by molar-refractivity contribution is -0.131. The fraction of sp³-hybridized carbons (Fsp3) is 0.259. The van der Waals surface area contributed by atoms with Gasteiger partial charge in [-0.2, -0.15) is 0 Å². The van der Waals surface area contributed by atoms with Crippen molar-refractivity contribution >= 4 is 34.4 Å². The standard InChI is InChI=1S/C27H27NO3/c29-25(30)15-14-20-8-6-12-23(18-20)28-26(31)27(16-4-1-5-17-27)19-22-11-7-10-21-9-2-3-13-24(21)22/h2-3,6-15,18H,1,4-5,16-17,19H2,(H,28,31)(H,29,30)/b15-14+. The topological polar surface area (TPSA) is 66.4 Å². The lowest BCUT2D eigenvalue weighted by atomic mass is 9.69. The maximum atomic E-state index is 13.6. The average molecular weight is 414 g/mol. The Labute approximate surface area is 182 Å². The Morgan fingerprint density at radius 3 is 2.48 bits per heavy atom. The molecular formula is C27H27NO3. The van der Waals surface area contributed by atoms with Crippen molar-refractivity contribution < 1.29 is 14.7 Å². The van der Waals surface area contributed by atoms with E-state index in [4.69, 9.17) is 5.11 Å². The molecule has 1 amide bonds. The van der Waals surface area contributed by atoms with Crippen molar-refractivity contribution in [3.8, 4) is 0 Å². The zero-order chi connectivity index (χ0) is 21.7. The highest BCUT2D eigenvalue weighted by atomic mass is 16.4. The summed E-state index contributed by atoms with van der Waals surface area (Å²) in [7, 11) is 0. The van der Waals surface area contributed by atoms with Crippen molar-refractivity contribution in [3.05, 3.63) is 83.9 Å². The number of carbonyl (C=O) groups excluding carboxylic acids is 1. The molecule has 0 spiro atoms. The van der Waals surface area contributed by atoms with E-state index in [2.05, 4.69) is 41.7 Å². The van der Waals surface area contributed by atoms with Crippen molar-refractivity contribution in [1.82, 2.24) is 0 Å². The number of anilines is 1. The van der Waals surface area contributed by atoms with Crippen molar-refractivity contribution in [1.29, 1.82) is 0 Å². The quantitative estimate of drug-likeness (QED) is 0.482. The van der Waals surface area contributed by atoms with E-state index >= 15 is 0 Å². The van der Waals surface area contributed by atoms with Gasteiger partial charge in [0, 0.05) is 11.8 Å². The van der Waals surface area contributed by atoms with Crippen LogP contribution in [0.5, 0.6) is 0 Å². The number of hydrogen-bond donors (Lipinski definition) is 2. The van der Waals surface area contributed by atoms with Crippen molar-refractivity contribution in [2.45, 2.75) is 38.5 Å². The third-order valence-corrected chi connectivity index (χ3v) is 6.26.